The van der Waals surface area contributed by atoms with Crippen molar-refractivity contribution in [1.29, 1.82) is 0 Å². The Labute approximate surface area is 105 Å². The molecule has 0 aliphatic heterocycles. The van der Waals surface area contributed by atoms with Gasteiger partial charge in [0.15, 0.2) is 11.5 Å². The molecule has 1 aromatic carbocycles. The topological polar surface area (TPSA) is 107 Å². The normalized spacial score (nSPS) is 13.8. The number of phenolic OH excluding ortho intramolecular Hbond substituents is 2. The van der Waals surface area contributed by atoms with Crippen LogP contribution in [-0.2, 0) is 5.72 Å². The van der Waals surface area contributed by atoms with Crippen molar-refractivity contribution >= 4 is 11.9 Å². The Bertz CT molecular complexity index is 355. The molecule has 6 N–H and O–H groups in total. The lowest BCUT2D eigenvalue weighted by Gasteiger charge is -2.25. The lowest BCUT2D eigenvalue weighted by molar-refractivity contribution is 0.0215. The van der Waals surface area contributed by atoms with Crippen LogP contribution in [0, 0.1) is 5.92 Å². The van der Waals surface area contributed by atoms with Gasteiger partial charge in [0.25, 0.3) is 0 Å². The van der Waals surface area contributed by atoms with Crippen LogP contribution in [0.15, 0.2) is 18.2 Å². The van der Waals surface area contributed by atoms with E-state index in [1.165, 1.54) is 18.2 Å². The summed E-state index contributed by atoms with van der Waals surface area (Å²) in [6, 6.07) is 4.08. The second kappa shape index (κ2) is 6.66. The van der Waals surface area contributed by atoms with Crippen LogP contribution in [0.5, 0.6) is 11.5 Å². The summed E-state index contributed by atoms with van der Waals surface area (Å²) in [6.45, 7) is 3.89. The molecule has 1 rings (SSSR count). The van der Waals surface area contributed by atoms with Crippen molar-refractivity contribution in [2.75, 3.05) is 0 Å². The molecule has 0 saturated heterocycles. The smallest absolute Gasteiger partial charge is 0.157 e. The molecule has 0 aromatic heterocycles. The van der Waals surface area contributed by atoms with Crippen LogP contribution in [-0.4, -0.2) is 20.0 Å². The van der Waals surface area contributed by atoms with E-state index in [4.69, 9.17) is 15.5 Å². The molecule has 0 aliphatic rings. The average Bonchev–Trinajstić information content (AvgIpc) is 2.23. The number of benzene rings is 1. The van der Waals surface area contributed by atoms with Gasteiger partial charge in [0, 0.05) is 5.56 Å². The molecule has 0 saturated carbocycles. The minimum atomic E-state index is -1.47. The Morgan fingerprint density at radius 1 is 1.24 bits per heavy atom. The molecule has 0 spiro atoms. The van der Waals surface area contributed by atoms with Gasteiger partial charge in [0.1, 0.15) is 5.72 Å². The van der Waals surface area contributed by atoms with Crippen molar-refractivity contribution < 1.29 is 20.0 Å². The van der Waals surface area contributed by atoms with E-state index in [2.05, 4.69) is 11.9 Å². The highest BCUT2D eigenvalue weighted by Crippen LogP contribution is 2.31. The molecular weight excluding hydrogens is 246 g/mol. The largest absolute Gasteiger partial charge is 0.504 e. The maximum atomic E-state index is 9.96. The number of nitrogens with two attached hydrogens (primary N) is 1. The Hall–Kier alpha value is -1.01. The summed E-state index contributed by atoms with van der Waals surface area (Å²) in [5, 5.41) is 28.4. The minimum Gasteiger partial charge on any atom is -0.504 e. The van der Waals surface area contributed by atoms with Gasteiger partial charge in [-0.3, -0.25) is 10.4 Å². The Balaban J connectivity index is 0.00000121. The van der Waals surface area contributed by atoms with Crippen LogP contribution in [0.2, 0.25) is 0 Å². The van der Waals surface area contributed by atoms with Crippen LogP contribution < -0.4 is 5.73 Å². The van der Waals surface area contributed by atoms with Crippen molar-refractivity contribution in [3.05, 3.63) is 23.8 Å². The van der Waals surface area contributed by atoms with Gasteiger partial charge in [0.05, 0.1) is 11.9 Å². The number of hydrogen-bond acceptors (Lipinski definition) is 5. The predicted octanol–water partition coefficient (Wildman–Crippen LogP) is 1.38. The third kappa shape index (κ3) is 4.79. The van der Waals surface area contributed by atoms with Gasteiger partial charge >= 0.3 is 0 Å². The van der Waals surface area contributed by atoms with Gasteiger partial charge in [-0.05, 0) is 24.5 Å². The van der Waals surface area contributed by atoms with Crippen molar-refractivity contribution in [3.63, 3.8) is 0 Å². The van der Waals surface area contributed by atoms with Gasteiger partial charge in [-0.15, -0.1) is 0 Å². The Morgan fingerprint density at radius 2 is 1.76 bits per heavy atom. The van der Waals surface area contributed by atoms with E-state index in [1.54, 1.807) is 0 Å². The average molecular weight is 264 g/mol. The zero-order chi connectivity index (χ0) is 13.6. The summed E-state index contributed by atoms with van der Waals surface area (Å²) < 4.78 is 6.47. The molecule has 1 atom stereocenters. The first-order valence-corrected chi connectivity index (χ1v) is 5.37. The molecule has 1 aromatic rings. The zero-order valence-electron chi connectivity index (χ0n) is 9.76. The van der Waals surface area contributed by atoms with E-state index < -0.39 is 5.72 Å². The third-order valence-corrected chi connectivity index (χ3v) is 2.19. The van der Waals surface area contributed by atoms with Crippen molar-refractivity contribution in [3.8, 4) is 11.5 Å². The lowest BCUT2D eigenvalue weighted by atomic mass is 9.94. The van der Waals surface area contributed by atoms with E-state index in [0.717, 1.165) is 0 Å². The number of halogens is 1. The van der Waals surface area contributed by atoms with Gasteiger partial charge in [0.2, 0.25) is 0 Å². The molecule has 98 valence electrons. The fourth-order valence-electron chi connectivity index (χ4n) is 1.53. The van der Waals surface area contributed by atoms with Crippen LogP contribution >= 0.6 is 11.9 Å². The number of aliphatic hydroxyl groups is 1. The monoisotopic (exact) mass is 263 g/mol. The molecule has 0 radical (unpaired) electrons. The minimum absolute atomic E-state index is 0.223. The van der Waals surface area contributed by atoms with Crippen LogP contribution in [0.4, 0.5) is 0 Å². The highest BCUT2D eigenvalue weighted by atomic mass is 35.5. The zero-order valence-corrected chi connectivity index (χ0v) is 10.5. The van der Waals surface area contributed by atoms with Crippen LogP contribution in [0.25, 0.3) is 0 Å². The fourth-order valence-corrected chi connectivity index (χ4v) is 1.53. The SMILES string of the molecule is CC(C)CC(N)(O)c1ccc(O)c(O)c1.OCl. The van der Waals surface area contributed by atoms with Crippen LogP contribution in [0.3, 0.4) is 0 Å². The summed E-state index contributed by atoms with van der Waals surface area (Å²) in [4.78, 5) is 0. The first kappa shape index (κ1) is 16.0. The van der Waals surface area contributed by atoms with Crippen molar-refractivity contribution in [2.45, 2.75) is 26.0 Å². The molecule has 0 bridgehead atoms. The first-order chi connectivity index (χ1) is 7.83. The van der Waals surface area contributed by atoms with E-state index in [-0.39, 0.29) is 17.4 Å². The second-order valence-electron chi connectivity index (χ2n) is 4.23. The van der Waals surface area contributed by atoms with E-state index in [0.29, 0.717) is 12.0 Å². The number of aromatic hydroxyl groups is 2. The Morgan fingerprint density at radius 3 is 2.18 bits per heavy atom. The highest BCUT2D eigenvalue weighted by molar-refractivity contribution is 6.04. The number of rotatable bonds is 3. The second-order valence-corrected chi connectivity index (χ2v) is 4.23. The fraction of sp³-hybridized carbons (Fsp3) is 0.455. The maximum absolute atomic E-state index is 9.96. The van der Waals surface area contributed by atoms with E-state index in [9.17, 15) is 10.2 Å². The van der Waals surface area contributed by atoms with Gasteiger partial charge in [-0.2, -0.15) is 0 Å². The van der Waals surface area contributed by atoms with Crippen molar-refractivity contribution in [2.24, 2.45) is 11.7 Å². The van der Waals surface area contributed by atoms with Gasteiger partial charge in [-0.25, -0.2) is 0 Å². The molecule has 1 unspecified atom stereocenters. The summed E-state index contributed by atoms with van der Waals surface area (Å²) in [7, 11) is 0. The molecule has 0 amide bonds. The predicted molar refractivity (Wildman–Crippen MR) is 65.4 cm³/mol. The highest BCUT2D eigenvalue weighted by Gasteiger charge is 2.25. The summed E-state index contributed by atoms with van der Waals surface area (Å²) in [5.41, 5.74) is 4.64. The van der Waals surface area contributed by atoms with E-state index in [1.807, 2.05) is 13.8 Å². The molecule has 5 nitrogen and oxygen atoms in total. The van der Waals surface area contributed by atoms with Crippen molar-refractivity contribution in [1.82, 2.24) is 0 Å². The maximum Gasteiger partial charge on any atom is 0.157 e. The molecule has 0 aliphatic carbocycles. The summed E-state index contributed by atoms with van der Waals surface area (Å²) in [5.74, 6) is -0.268. The summed E-state index contributed by atoms with van der Waals surface area (Å²) in [6.07, 6.45) is 0.386. The molecule has 17 heavy (non-hydrogen) atoms. The molecule has 0 fully saturated rings. The lowest BCUT2D eigenvalue weighted by Crippen LogP contribution is -2.37. The molecule has 6 heteroatoms. The number of phenols is 2. The first-order valence-electron chi connectivity index (χ1n) is 5.03. The summed E-state index contributed by atoms with van der Waals surface area (Å²) >= 11 is 3.64. The van der Waals surface area contributed by atoms with E-state index >= 15 is 0 Å². The molecular formula is C11H18ClNO4. The quantitative estimate of drug-likeness (QED) is 0.418. The third-order valence-electron chi connectivity index (χ3n) is 2.19. The standard InChI is InChI=1S/C11H17NO3.ClHO/c1-7(2)6-11(12,15)8-3-4-9(13)10(14)5-8;1-2/h3-5,7,13-15H,6,12H2,1-2H3;2H. The van der Waals surface area contributed by atoms with Gasteiger partial charge < -0.3 is 15.3 Å². The Kier molecular flexibility index (Phi) is 6.26. The van der Waals surface area contributed by atoms with Crippen LogP contribution in [0.1, 0.15) is 25.8 Å². The number of hydrogen-bond donors (Lipinski definition) is 5. The van der Waals surface area contributed by atoms with Gasteiger partial charge in [-0.1, -0.05) is 19.9 Å². The molecule has 0 heterocycles.